The van der Waals surface area contributed by atoms with Gasteiger partial charge in [-0.2, -0.15) is 0 Å². The molecule has 0 aliphatic carbocycles. The molecule has 0 fully saturated rings. The molecule has 7 nitrogen and oxygen atoms in total. The summed E-state index contributed by atoms with van der Waals surface area (Å²) in [6.45, 7) is 6.83. The van der Waals surface area contributed by atoms with Crippen molar-refractivity contribution in [1.29, 1.82) is 0 Å². The van der Waals surface area contributed by atoms with Crippen molar-refractivity contribution in [1.82, 2.24) is 15.1 Å². The van der Waals surface area contributed by atoms with Gasteiger partial charge in [0.05, 0.1) is 11.1 Å². The number of fused-ring (bicyclic) bond motifs is 1. The number of rotatable bonds is 11. The number of hydrogen-bond acceptors (Lipinski definition) is 4. The van der Waals surface area contributed by atoms with Crippen LogP contribution in [0.3, 0.4) is 0 Å². The van der Waals surface area contributed by atoms with E-state index in [1.807, 2.05) is 32.9 Å². The van der Waals surface area contributed by atoms with Crippen molar-refractivity contribution in [2.45, 2.75) is 52.6 Å². The summed E-state index contributed by atoms with van der Waals surface area (Å²) < 4.78 is 0. The Morgan fingerprint density at radius 1 is 1.00 bits per heavy atom. The van der Waals surface area contributed by atoms with Crippen LogP contribution < -0.4 is 5.32 Å². The molecule has 186 valence electrons. The van der Waals surface area contributed by atoms with E-state index in [1.165, 1.54) is 4.90 Å². The van der Waals surface area contributed by atoms with Crippen LogP contribution in [0.25, 0.3) is 0 Å². The Bertz CT molecular complexity index is 1050. The van der Waals surface area contributed by atoms with Gasteiger partial charge in [-0.3, -0.25) is 24.1 Å². The molecular weight excluding hydrogens is 466 g/mol. The van der Waals surface area contributed by atoms with Crippen molar-refractivity contribution in [3.05, 3.63) is 70.2 Å². The van der Waals surface area contributed by atoms with Gasteiger partial charge in [-0.25, -0.2) is 0 Å². The lowest BCUT2D eigenvalue weighted by molar-refractivity contribution is -0.141. The van der Waals surface area contributed by atoms with Crippen LogP contribution in [0, 0.1) is 5.92 Å². The molecule has 0 spiro atoms. The van der Waals surface area contributed by atoms with Gasteiger partial charge in [0, 0.05) is 31.1 Å². The molecule has 1 unspecified atom stereocenters. The molecule has 1 atom stereocenters. The van der Waals surface area contributed by atoms with Crippen LogP contribution >= 0.6 is 11.6 Å². The quantitative estimate of drug-likeness (QED) is 0.469. The first-order valence-electron chi connectivity index (χ1n) is 12.0. The van der Waals surface area contributed by atoms with E-state index in [0.717, 1.165) is 5.56 Å². The molecule has 0 bridgehead atoms. The van der Waals surface area contributed by atoms with E-state index in [0.29, 0.717) is 35.5 Å². The molecule has 8 heteroatoms. The maximum atomic E-state index is 13.3. The summed E-state index contributed by atoms with van der Waals surface area (Å²) >= 11 is 6.01. The Labute approximate surface area is 211 Å². The van der Waals surface area contributed by atoms with E-state index in [9.17, 15) is 19.2 Å². The first-order valence-corrected chi connectivity index (χ1v) is 12.4. The van der Waals surface area contributed by atoms with Gasteiger partial charge in [0.25, 0.3) is 11.8 Å². The average Bonchev–Trinajstić information content (AvgIpc) is 3.08. The summed E-state index contributed by atoms with van der Waals surface area (Å²) in [6.07, 6.45) is 0.877. The van der Waals surface area contributed by atoms with Crippen LogP contribution in [0.1, 0.15) is 66.3 Å². The van der Waals surface area contributed by atoms with Crippen molar-refractivity contribution in [2.24, 2.45) is 5.92 Å². The van der Waals surface area contributed by atoms with Crippen LogP contribution in [-0.2, 0) is 16.1 Å². The minimum atomic E-state index is -0.628. The van der Waals surface area contributed by atoms with E-state index < -0.39 is 6.04 Å². The number of carbonyl (C=O) groups excluding carboxylic acids is 4. The van der Waals surface area contributed by atoms with E-state index in [-0.39, 0.29) is 49.1 Å². The number of nitrogens with one attached hydrogen (secondary N) is 1. The van der Waals surface area contributed by atoms with Crippen molar-refractivity contribution >= 4 is 35.2 Å². The zero-order chi connectivity index (χ0) is 25.5. The molecule has 1 aliphatic heterocycles. The first-order chi connectivity index (χ1) is 16.7. The van der Waals surface area contributed by atoms with Crippen LogP contribution in [-0.4, -0.2) is 52.6 Å². The highest BCUT2D eigenvalue weighted by atomic mass is 35.5. The third-order valence-corrected chi connectivity index (χ3v) is 6.24. The third-order valence-electron chi connectivity index (χ3n) is 5.99. The van der Waals surface area contributed by atoms with Gasteiger partial charge in [0.1, 0.15) is 6.04 Å². The second-order valence-electron chi connectivity index (χ2n) is 9.12. The van der Waals surface area contributed by atoms with Crippen LogP contribution in [0.2, 0.25) is 5.02 Å². The maximum absolute atomic E-state index is 13.3. The summed E-state index contributed by atoms with van der Waals surface area (Å²) in [6, 6.07) is 13.3. The summed E-state index contributed by atoms with van der Waals surface area (Å²) in [4.78, 5) is 54.3. The number of hydrogen-bond donors (Lipinski definition) is 1. The zero-order valence-corrected chi connectivity index (χ0v) is 21.2. The average molecular weight is 498 g/mol. The van der Waals surface area contributed by atoms with Gasteiger partial charge in [-0.15, -0.1) is 0 Å². The fourth-order valence-corrected chi connectivity index (χ4v) is 4.23. The first kappa shape index (κ1) is 26.4. The molecule has 1 aliphatic rings. The summed E-state index contributed by atoms with van der Waals surface area (Å²) in [5.74, 6) is -0.783. The van der Waals surface area contributed by atoms with Crippen LogP contribution in [0.5, 0.6) is 0 Å². The normalized spacial score (nSPS) is 13.7. The van der Waals surface area contributed by atoms with Gasteiger partial charge in [-0.05, 0) is 48.6 Å². The number of nitrogens with zero attached hydrogens (tertiary/aromatic N) is 2. The standard InChI is InChI=1S/C27H32ClN3O4/c1-4-23(25(33)29-16-18(2)3)31(17-19-11-13-20(28)14-12-19)24(32)10-7-15-30-26(34)21-8-5-6-9-22(21)27(30)35/h5-6,8-9,11-14,18,23H,4,7,10,15-17H2,1-3H3,(H,29,33). The highest BCUT2D eigenvalue weighted by Crippen LogP contribution is 2.23. The topological polar surface area (TPSA) is 86.8 Å². The Balaban J connectivity index is 1.69. The van der Waals surface area contributed by atoms with E-state index in [2.05, 4.69) is 5.32 Å². The highest BCUT2D eigenvalue weighted by molar-refractivity contribution is 6.30. The molecule has 35 heavy (non-hydrogen) atoms. The molecule has 0 saturated carbocycles. The second-order valence-corrected chi connectivity index (χ2v) is 9.56. The fraction of sp³-hybridized carbons (Fsp3) is 0.407. The Morgan fingerprint density at radius 3 is 2.14 bits per heavy atom. The highest BCUT2D eigenvalue weighted by Gasteiger charge is 2.35. The SMILES string of the molecule is CCC(C(=O)NCC(C)C)N(Cc1ccc(Cl)cc1)C(=O)CCCN1C(=O)c2ccccc2C1=O. The van der Waals surface area contributed by atoms with Crippen LogP contribution in [0.15, 0.2) is 48.5 Å². The maximum Gasteiger partial charge on any atom is 0.261 e. The number of benzene rings is 2. The Hall–Kier alpha value is -3.19. The monoisotopic (exact) mass is 497 g/mol. The Kier molecular flexibility index (Phi) is 9.04. The van der Waals surface area contributed by atoms with Gasteiger partial charge >= 0.3 is 0 Å². The van der Waals surface area contributed by atoms with Crippen molar-refractivity contribution in [2.75, 3.05) is 13.1 Å². The Morgan fingerprint density at radius 2 is 1.60 bits per heavy atom. The van der Waals surface area contributed by atoms with E-state index in [4.69, 9.17) is 11.6 Å². The number of imide groups is 1. The molecule has 3 rings (SSSR count). The minimum Gasteiger partial charge on any atom is -0.354 e. The summed E-state index contributed by atoms with van der Waals surface area (Å²) in [5, 5.41) is 3.53. The molecule has 0 aromatic heterocycles. The fourth-order valence-electron chi connectivity index (χ4n) is 4.10. The van der Waals surface area contributed by atoms with Crippen molar-refractivity contribution < 1.29 is 19.2 Å². The third kappa shape index (κ3) is 6.48. The van der Waals surface area contributed by atoms with Crippen molar-refractivity contribution in [3.63, 3.8) is 0 Å². The number of amides is 4. The van der Waals surface area contributed by atoms with E-state index in [1.54, 1.807) is 41.3 Å². The second kappa shape index (κ2) is 12.0. The number of halogens is 1. The molecule has 2 aromatic carbocycles. The van der Waals surface area contributed by atoms with Crippen molar-refractivity contribution in [3.8, 4) is 0 Å². The zero-order valence-electron chi connectivity index (χ0n) is 20.4. The summed E-state index contributed by atoms with van der Waals surface area (Å²) in [5.41, 5.74) is 1.64. The molecule has 0 saturated heterocycles. The van der Waals surface area contributed by atoms with Crippen LogP contribution in [0.4, 0.5) is 0 Å². The molecule has 1 N–H and O–H groups in total. The predicted molar refractivity (Wildman–Crippen MR) is 135 cm³/mol. The lowest BCUT2D eigenvalue weighted by atomic mass is 10.1. The van der Waals surface area contributed by atoms with Gasteiger partial charge in [0.2, 0.25) is 11.8 Å². The lowest BCUT2D eigenvalue weighted by Gasteiger charge is -2.31. The van der Waals surface area contributed by atoms with Gasteiger partial charge in [-0.1, -0.05) is 56.6 Å². The lowest BCUT2D eigenvalue weighted by Crippen LogP contribution is -2.49. The predicted octanol–water partition coefficient (Wildman–Crippen LogP) is 4.30. The molecule has 1 heterocycles. The minimum absolute atomic E-state index is 0.106. The molecule has 2 aromatic rings. The van der Waals surface area contributed by atoms with Gasteiger partial charge < -0.3 is 10.2 Å². The smallest absolute Gasteiger partial charge is 0.261 e. The summed E-state index contributed by atoms with van der Waals surface area (Å²) in [7, 11) is 0. The van der Waals surface area contributed by atoms with E-state index >= 15 is 0 Å². The number of carbonyl (C=O) groups is 4. The molecular formula is C27H32ClN3O4. The molecule has 4 amide bonds. The largest absolute Gasteiger partial charge is 0.354 e. The van der Waals surface area contributed by atoms with Gasteiger partial charge in [0.15, 0.2) is 0 Å². The molecule has 0 radical (unpaired) electrons.